The molecule has 0 fully saturated rings. The maximum atomic E-state index is 12.3. The molecule has 0 aliphatic heterocycles. The normalized spacial score (nSPS) is 12.3. The smallest absolute Gasteiger partial charge is 0.871 e. The van der Waals surface area contributed by atoms with Crippen LogP contribution in [0.15, 0.2) is 86.7 Å². The van der Waals surface area contributed by atoms with Crippen LogP contribution in [0, 0.1) is 0 Å². The maximum Gasteiger partial charge on any atom is 2.00 e. The van der Waals surface area contributed by atoms with Crippen LogP contribution in [-0.4, -0.2) is 74.8 Å². The third-order valence-electron chi connectivity index (χ3n) is 4.58. The zero-order valence-corrected chi connectivity index (χ0v) is 22.2. The Bertz CT molecular complexity index is 1600. The molecule has 0 aliphatic rings. The van der Waals surface area contributed by atoms with Crippen molar-refractivity contribution in [2.24, 2.45) is 10.2 Å². The number of benzene rings is 4. The Hall–Kier alpha value is -1.81. The van der Waals surface area contributed by atoms with E-state index in [-0.39, 0.29) is 65.6 Å². The van der Waals surface area contributed by atoms with E-state index in [0.29, 0.717) is 10.8 Å². The van der Waals surface area contributed by atoms with Gasteiger partial charge in [0.1, 0.15) is 20.7 Å². The summed E-state index contributed by atoms with van der Waals surface area (Å²) in [6.07, 6.45) is 0. The number of rotatable bonds is 4. The van der Waals surface area contributed by atoms with Gasteiger partial charge in [-0.15, -0.1) is 5.11 Å². The zero-order valence-electron chi connectivity index (χ0n) is 16.2. The van der Waals surface area contributed by atoms with Crippen LogP contribution >= 0.6 is 0 Å². The topological polar surface area (TPSA) is 159 Å². The Morgan fingerprint density at radius 2 is 1.47 bits per heavy atom. The SMILES string of the molecule is O=S(=O)([O-])c1ccc2cc(N=Nc3c([O-])ccc4ccccc34)c(S(=O)(=O)O)cc2c1.[Ba+2]. The second-order valence-corrected chi connectivity index (χ2v) is 9.36. The molecule has 0 aliphatic carbocycles. The number of azo groups is 1. The number of hydrogen-bond acceptors (Lipinski definition) is 8. The minimum absolute atomic E-state index is 0. The molecule has 0 aromatic heterocycles. The first-order valence-corrected chi connectivity index (χ1v) is 11.5. The Morgan fingerprint density at radius 3 is 2.16 bits per heavy atom. The van der Waals surface area contributed by atoms with E-state index in [9.17, 15) is 31.0 Å². The first kappa shape index (κ1) is 24.8. The standard InChI is InChI=1S/C20H14N2O7S2.Ba/c23-18-8-6-12-3-1-2-4-16(12)20(18)22-21-17-10-13-5-7-15(30(24,25)26)9-14(13)11-19(17)31(27,28)29;/h1-11,23H,(H,24,25,26)(H,27,28,29);/q;+2/p-2. The maximum absolute atomic E-state index is 12.3. The molecule has 12 heteroatoms. The molecule has 1 N–H and O–H groups in total. The monoisotopic (exact) mass is 594 g/mol. The molecule has 32 heavy (non-hydrogen) atoms. The Morgan fingerprint density at radius 1 is 0.781 bits per heavy atom. The van der Waals surface area contributed by atoms with Crippen molar-refractivity contribution in [2.75, 3.05) is 0 Å². The van der Waals surface area contributed by atoms with Gasteiger partial charge < -0.3 is 9.66 Å². The van der Waals surface area contributed by atoms with Crippen LogP contribution in [0.25, 0.3) is 21.5 Å². The summed E-state index contributed by atoms with van der Waals surface area (Å²) < 4.78 is 67.1. The molecule has 4 aromatic rings. The van der Waals surface area contributed by atoms with E-state index in [2.05, 4.69) is 10.2 Å². The molecule has 0 spiro atoms. The fourth-order valence-corrected chi connectivity index (χ4v) is 4.27. The minimum Gasteiger partial charge on any atom is -0.871 e. The number of nitrogens with zero attached hydrogens (tertiary/aromatic N) is 2. The summed E-state index contributed by atoms with van der Waals surface area (Å²) in [5.41, 5.74) is -0.271. The average Bonchev–Trinajstić information content (AvgIpc) is 2.70. The fraction of sp³-hybridized carbons (Fsp3) is 0. The molecule has 0 radical (unpaired) electrons. The summed E-state index contributed by atoms with van der Waals surface area (Å²) in [5, 5.41) is 21.8. The van der Waals surface area contributed by atoms with Gasteiger partial charge in [-0.3, -0.25) is 4.55 Å². The van der Waals surface area contributed by atoms with E-state index in [0.717, 1.165) is 23.6 Å². The van der Waals surface area contributed by atoms with Gasteiger partial charge in [0, 0.05) is 5.39 Å². The number of fused-ring (bicyclic) bond motifs is 2. The first-order valence-electron chi connectivity index (χ1n) is 8.66. The van der Waals surface area contributed by atoms with Gasteiger partial charge in [0.2, 0.25) is 0 Å². The van der Waals surface area contributed by atoms with Gasteiger partial charge >= 0.3 is 48.9 Å². The molecule has 9 nitrogen and oxygen atoms in total. The molecule has 0 atom stereocenters. The van der Waals surface area contributed by atoms with E-state index in [4.69, 9.17) is 0 Å². The van der Waals surface area contributed by atoms with Crippen molar-refractivity contribution in [1.29, 1.82) is 0 Å². The van der Waals surface area contributed by atoms with Crippen LogP contribution in [-0.2, 0) is 20.2 Å². The molecule has 4 rings (SSSR count). The molecule has 158 valence electrons. The molecule has 0 bridgehead atoms. The molecule has 4 aromatic carbocycles. The average molecular weight is 594 g/mol. The van der Waals surface area contributed by atoms with Gasteiger partial charge in [0.05, 0.1) is 10.6 Å². The van der Waals surface area contributed by atoms with Crippen molar-refractivity contribution < 1.29 is 31.0 Å². The fourth-order valence-electron chi connectivity index (χ4n) is 3.13. The van der Waals surface area contributed by atoms with Gasteiger partial charge in [-0.1, -0.05) is 48.2 Å². The summed E-state index contributed by atoms with van der Waals surface area (Å²) in [4.78, 5) is -1.21. The molecule has 0 heterocycles. The first-order chi connectivity index (χ1) is 14.5. The Balaban J connectivity index is 0.00000289. The van der Waals surface area contributed by atoms with Gasteiger partial charge in [-0.2, -0.15) is 13.5 Å². The number of hydrogen-bond donors (Lipinski definition) is 1. The van der Waals surface area contributed by atoms with Crippen molar-refractivity contribution in [1.82, 2.24) is 0 Å². The van der Waals surface area contributed by atoms with Crippen molar-refractivity contribution in [2.45, 2.75) is 9.79 Å². The van der Waals surface area contributed by atoms with E-state index in [1.807, 2.05) is 0 Å². The van der Waals surface area contributed by atoms with Crippen molar-refractivity contribution in [3.8, 4) is 5.75 Å². The summed E-state index contributed by atoms with van der Waals surface area (Å²) in [6, 6.07) is 15.5. The third kappa shape index (κ3) is 5.06. The second kappa shape index (κ2) is 9.21. The third-order valence-corrected chi connectivity index (χ3v) is 6.29. The summed E-state index contributed by atoms with van der Waals surface area (Å²) >= 11 is 0. The minimum atomic E-state index is -4.79. The van der Waals surface area contributed by atoms with E-state index < -0.39 is 35.8 Å². The van der Waals surface area contributed by atoms with Crippen molar-refractivity contribution in [3.63, 3.8) is 0 Å². The van der Waals surface area contributed by atoms with Gasteiger partial charge in [0.15, 0.2) is 0 Å². The molecule has 0 saturated carbocycles. The second-order valence-electron chi connectivity index (χ2n) is 6.59. The van der Waals surface area contributed by atoms with Crippen LogP contribution in [0.2, 0.25) is 0 Å². The van der Waals surface area contributed by atoms with Crippen LogP contribution < -0.4 is 5.11 Å². The Labute approximate surface area is 223 Å². The largest absolute Gasteiger partial charge is 2.00 e. The van der Waals surface area contributed by atoms with Crippen molar-refractivity contribution >= 4 is 102 Å². The molecule has 0 amide bonds. The molecule has 0 unspecified atom stereocenters. The van der Waals surface area contributed by atoms with Crippen LogP contribution in [0.3, 0.4) is 0 Å². The van der Waals surface area contributed by atoms with E-state index >= 15 is 0 Å². The summed E-state index contributed by atoms with van der Waals surface area (Å²) in [5.74, 6) is -0.429. The zero-order chi connectivity index (χ0) is 22.4. The summed E-state index contributed by atoms with van der Waals surface area (Å²) in [7, 11) is -9.55. The van der Waals surface area contributed by atoms with Crippen LogP contribution in [0.1, 0.15) is 0 Å². The van der Waals surface area contributed by atoms with E-state index in [1.165, 1.54) is 18.2 Å². The summed E-state index contributed by atoms with van der Waals surface area (Å²) in [6.45, 7) is 0. The molecular weight excluding hydrogens is 582 g/mol. The Kier molecular flexibility index (Phi) is 7.14. The van der Waals surface area contributed by atoms with E-state index in [1.54, 1.807) is 30.3 Å². The van der Waals surface area contributed by atoms with Gasteiger partial charge in [-0.25, -0.2) is 8.42 Å². The van der Waals surface area contributed by atoms with Crippen LogP contribution in [0.5, 0.6) is 5.75 Å². The predicted molar refractivity (Wildman–Crippen MR) is 115 cm³/mol. The predicted octanol–water partition coefficient (Wildman–Crippen LogP) is 3.25. The van der Waals surface area contributed by atoms with Crippen LogP contribution in [0.4, 0.5) is 11.4 Å². The quantitative estimate of drug-likeness (QED) is 0.216. The molecule has 0 saturated heterocycles. The van der Waals surface area contributed by atoms with Gasteiger partial charge in [0.25, 0.3) is 10.1 Å². The van der Waals surface area contributed by atoms with Crippen molar-refractivity contribution in [3.05, 3.63) is 66.7 Å². The molecular formula is C20H12BaN2O7S2. The van der Waals surface area contributed by atoms with Gasteiger partial charge in [-0.05, 0) is 40.4 Å².